The summed E-state index contributed by atoms with van der Waals surface area (Å²) in [6.45, 7) is 1.13. The van der Waals surface area contributed by atoms with E-state index >= 15 is 0 Å². The number of hydrogen-bond acceptors (Lipinski definition) is 4. The van der Waals surface area contributed by atoms with Gasteiger partial charge in [0.1, 0.15) is 5.75 Å². The summed E-state index contributed by atoms with van der Waals surface area (Å²) in [5.74, 6) is 0.274. The normalized spacial score (nSPS) is 15.6. The number of piperidine rings is 1. The largest absolute Gasteiger partial charge is 0.497 e. The summed E-state index contributed by atoms with van der Waals surface area (Å²) in [4.78, 5) is 17.7. The summed E-state index contributed by atoms with van der Waals surface area (Å²) in [6, 6.07) is 3.88. The first kappa shape index (κ1) is 24.3. The maximum Gasteiger partial charge on any atom is 0.416 e. The van der Waals surface area contributed by atoms with Crippen molar-refractivity contribution in [3.05, 3.63) is 29.3 Å². The van der Waals surface area contributed by atoms with Gasteiger partial charge in [-0.2, -0.15) is 13.2 Å². The number of carbonyl (C=O) groups excluding carboxylic acids is 1. The maximum atomic E-state index is 13.3. The third kappa shape index (κ3) is 6.14. The summed E-state index contributed by atoms with van der Waals surface area (Å²) < 4.78 is 49.6. The van der Waals surface area contributed by atoms with Crippen molar-refractivity contribution in [1.82, 2.24) is 10.2 Å². The van der Waals surface area contributed by atoms with Crippen LogP contribution in [-0.2, 0) is 22.3 Å². The summed E-state index contributed by atoms with van der Waals surface area (Å²) in [6.07, 6.45) is -3.25. The second-order valence-electron chi connectivity index (χ2n) is 6.21. The molecule has 1 aromatic carbocycles. The lowest BCUT2D eigenvalue weighted by Gasteiger charge is -2.33. The lowest BCUT2D eigenvalue weighted by molar-refractivity contribution is -0.146. The van der Waals surface area contributed by atoms with Crippen molar-refractivity contribution in [2.24, 2.45) is 10.9 Å². The maximum absolute atomic E-state index is 13.3. The molecule has 0 atom stereocenters. The van der Waals surface area contributed by atoms with Crippen molar-refractivity contribution in [3.63, 3.8) is 0 Å². The van der Waals surface area contributed by atoms with Gasteiger partial charge in [0.2, 0.25) is 0 Å². The van der Waals surface area contributed by atoms with E-state index < -0.39 is 11.7 Å². The lowest BCUT2D eigenvalue weighted by Crippen LogP contribution is -2.46. The number of methoxy groups -OCH3 is 2. The number of rotatable bonds is 4. The molecule has 0 spiro atoms. The van der Waals surface area contributed by atoms with Crippen LogP contribution in [0.5, 0.6) is 5.75 Å². The van der Waals surface area contributed by atoms with E-state index in [0.29, 0.717) is 31.9 Å². The van der Waals surface area contributed by atoms with Gasteiger partial charge in [0, 0.05) is 26.7 Å². The Morgan fingerprint density at radius 3 is 2.43 bits per heavy atom. The Balaban J connectivity index is 0.00000392. The van der Waals surface area contributed by atoms with Crippen LogP contribution < -0.4 is 10.1 Å². The Kier molecular flexibility index (Phi) is 9.31. The van der Waals surface area contributed by atoms with Crippen LogP contribution in [0.2, 0.25) is 0 Å². The van der Waals surface area contributed by atoms with Crippen molar-refractivity contribution < 1.29 is 27.4 Å². The number of nitrogens with one attached hydrogen (secondary N) is 1. The average molecular weight is 515 g/mol. The predicted octanol–water partition coefficient (Wildman–Crippen LogP) is 3.29. The quantitative estimate of drug-likeness (QED) is 0.289. The fraction of sp³-hybridized carbons (Fsp3) is 0.556. The molecule has 1 aliphatic rings. The molecule has 1 aromatic rings. The molecular weight excluding hydrogens is 490 g/mol. The first-order valence-electron chi connectivity index (χ1n) is 8.57. The molecule has 2 rings (SSSR count). The third-order valence-electron chi connectivity index (χ3n) is 4.60. The van der Waals surface area contributed by atoms with Crippen LogP contribution in [0.3, 0.4) is 0 Å². The van der Waals surface area contributed by atoms with E-state index in [1.54, 1.807) is 7.05 Å². The molecule has 1 fully saturated rings. The van der Waals surface area contributed by atoms with Crippen LogP contribution in [-0.4, -0.2) is 51.2 Å². The third-order valence-corrected chi connectivity index (χ3v) is 4.60. The molecule has 1 saturated heterocycles. The Bertz CT molecular complexity index is 690. The van der Waals surface area contributed by atoms with Crippen LogP contribution in [0.1, 0.15) is 24.0 Å². The standard InChI is InChI=1S/C18H24F3N3O3.HI/c1-22-17(24-8-6-12(7-9-24)16(25)27-3)23-11-13-4-5-14(26-2)10-15(13)18(19,20)21;/h4-5,10,12H,6-9,11H2,1-3H3,(H,22,23);1H. The second kappa shape index (κ2) is 10.7. The van der Waals surface area contributed by atoms with Gasteiger partial charge < -0.3 is 19.7 Å². The minimum absolute atomic E-state index is 0. The van der Waals surface area contributed by atoms with E-state index in [1.165, 1.54) is 26.4 Å². The van der Waals surface area contributed by atoms with Gasteiger partial charge in [-0.1, -0.05) is 6.07 Å². The van der Waals surface area contributed by atoms with Gasteiger partial charge in [-0.15, -0.1) is 24.0 Å². The van der Waals surface area contributed by atoms with Crippen molar-refractivity contribution in [2.45, 2.75) is 25.6 Å². The number of guanidine groups is 1. The number of hydrogen-bond donors (Lipinski definition) is 1. The highest BCUT2D eigenvalue weighted by Crippen LogP contribution is 2.34. The number of benzene rings is 1. The predicted molar refractivity (Wildman–Crippen MR) is 110 cm³/mol. The molecule has 0 amide bonds. The zero-order valence-corrected chi connectivity index (χ0v) is 18.3. The summed E-state index contributed by atoms with van der Waals surface area (Å²) in [7, 11) is 4.27. The van der Waals surface area contributed by atoms with Gasteiger partial charge >= 0.3 is 12.1 Å². The second-order valence-corrected chi connectivity index (χ2v) is 6.21. The van der Waals surface area contributed by atoms with E-state index in [4.69, 9.17) is 9.47 Å². The molecule has 28 heavy (non-hydrogen) atoms. The van der Waals surface area contributed by atoms with Gasteiger partial charge in [-0.05, 0) is 30.5 Å². The van der Waals surface area contributed by atoms with Crippen LogP contribution in [0.25, 0.3) is 0 Å². The molecule has 0 radical (unpaired) electrons. The van der Waals surface area contributed by atoms with E-state index in [2.05, 4.69) is 10.3 Å². The van der Waals surface area contributed by atoms with Crippen molar-refractivity contribution in [3.8, 4) is 5.75 Å². The summed E-state index contributed by atoms with van der Waals surface area (Å²) >= 11 is 0. The zero-order valence-electron chi connectivity index (χ0n) is 16.0. The number of likely N-dealkylation sites (tertiary alicyclic amines) is 1. The highest BCUT2D eigenvalue weighted by molar-refractivity contribution is 14.0. The van der Waals surface area contributed by atoms with Crippen LogP contribution in [0.15, 0.2) is 23.2 Å². The molecular formula is C18H25F3IN3O3. The van der Waals surface area contributed by atoms with Gasteiger partial charge in [0.05, 0.1) is 25.7 Å². The first-order valence-corrected chi connectivity index (χ1v) is 8.57. The average Bonchev–Trinajstić information content (AvgIpc) is 2.67. The topological polar surface area (TPSA) is 63.2 Å². The fourth-order valence-electron chi connectivity index (χ4n) is 3.10. The van der Waals surface area contributed by atoms with Crippen molar-refractivity contribution in [1.29, 1.82) is 0 Å². The van der Waals surface area contributed by atoms with Crippen LogP contribution in [0, 0.1) is 5.92 Å². The molecule has 0 unspecified atom stereocenters. The Morgan fingerprint density at radius 1 is 1.29 bits per heavy atom. The molecule has 0 aliphatic carbocycles. The first-order chi connectivity index (χ1) is 12.8. The molecule has 1 heterocycles. The number of halogens is 4. The number of aliphatic imine (C=N–C) groups is 1. The minimum Gasteiger partial charge on any atom is -0.497 e. The smallest absolute Gasteiger partial charge is 0.416 e. The van der Waals surface area contributed by atoms with Gasteiger partial charge in [-0.3, -0.25) is 9.79 Å². The van der Waals surface area contributed by atoms with Crippen molar-refractivity contribution in [2.75, 3.05) is 34.4 Å². The van der Waals surface area contributed by atoms with Crippen molar-refractivity contribution >= 4 is 35.9 Å². The Morgan fingerprint density at radius 2 is 1.93 bits per heavy atom. The number of esters is 1. The monoisotopic (exact) mass is 515 g/mol. The van der Waals surface area contributed by atoms with Crippen LogP contribution in [0.4, 0.5) is 13.2 Å². The number of alkyl halides is 3. The molecule has 0 bridgehead atoms. The van der Waals surface area contributed by atoms with E-state index in [-0.39, 0.29) is 53.7 Å². The molecule has 1 N–H and O–H groups in total. The fourth-order valence-corrected chi connectivity index (χ4v) is 3.10. The SMILES string of the molecule is CN=C(NCc1ccc(OC)cc1C(F)(F)F)N1CCC(C(=O)OC)CC1.I. The van der Waals surface area contributed by atoms with Gasteiger partial charge in [0.25, 0.3) is 0 Å². The highest BCUT2D eigenvalue weighted by atomic mass is 127. The van der Waals surface area contributed by atoms with Gasteiger partial charge in [0.15, 0.2) is 5.96 Å². The molecule has 1 aliphatic heterocycles. The molecule has 158 valence electrons. The van der Waals surface area contributed by atoms with E-state index in [9.17, 15) is 18.0 Å². The molecule has 0 saturated carbocycles. The van der Waals surface area contributed by atoms with E-state index in [1.807, 2.05) is 4.90 Å². The molecule has 0 aromatic heterocycles. The molecule has 6 nitrogen and oxygen atoms in total. The number of carbonyl (C=O) groups is 1. The summed E-state index contributed by atoms with van der Waals surface area (Å²) in [5.41, 5.74) is -0.636. The lowest BCUT2D eigenvalue weighted by atomic mass is 9.97. The number of ether oxygens (including phenoxy) is 2. The van der Waals surface area contributed by atoms with E-state index in [0.717, 1.165) is 6.07 Å². The molecule has 10 heteroatoms. The number of nitrogens with zero attached hydrogens (tertiary/aromatic N) is 2. The van der Waals surface area contributed by atoms with Crippen LogP contribution >= 0.6 is 24.0 Å². The van der Waals surface area contributed by atoms with Gasteiger partial charge in [-0.25, -0.2) is 0 Å². The zero-order chi connectivity index (χ0) is 20.0. The Hall–Kier alpha value is -1.72. The summed E-state index contributed by atoms with van der Waals surface area (Å²) in [5, 5.41) is 2.98. The Labute approximate surface area is 179 Å². The minimum atomic E-state index is -4.48. The highest BCUT2D eigenvalue weighted by Gasteiger charge is 2.34.